The van der Waals surface area contributed by atoms with Crippen molar-refractivity contribution in [1.29, 1.82) is 0 Å². The highest BCUT2D eigenvalue weighted by Gasteiger charge is 2.16. The Morgan fingerprint density at radius 3 is 2.37 bits per heavy atom. The van der Waals surface area contributed by atoms with Crippen LogP contribution in [-0.4, -0.2) is 32.3 Å². The molecule has 7 heteroatoms. The van der Waals surface area contributed by atoms with Crippen molar-refractivity contribution in [2.45, 2.75) is 25.9 Å². The molecule has 0 saturated carbocycles. The largest absolute Gasteiger partial charge is 0.325 e. The number of benzene rings is 2. The van der Waals surface area contributed by atoms with Gasteiger partial charge in [-0.15, -0.1) is 5.10 Å². The van der Waals surface area contributed by atoms with Crippen LogP contribution < -0.4 is 5.32 Å². The van der Waals surface area contributed by atoms with E-state index in [9.17, 15) is 9.59 Å². The summed E-state index contributed by atoms with van der Waals surface area (Å²) in [4.78, 5) is 28.6. The first-order valence-corrected chi connectivity index (χ1v) is 9.45. The van der Waals surface area contributed by atoms with E-state index >= 15 is 0 Å². The Morgan fingerprint density at radius 1 is 1.07 bits per heavy atom. The van der Waals surface area contributed by atoms with E-state index in [0.717, 1.165) is 22.4 Å². The van der Waals surface area contributed by atoms with Gasteiger partial charge in [0, 0.05) is 18.2 Å². The van der Waals surface area contributed by atoms with Crippen molar-refractivity contribution in [3.63, 3.8) is 0 Å². The highest BCUT2D eigenvalue weighted by Crippen LogP contribution is 2.22. The summed E-state index contributed by atoms with van der Waals surface area (Å²) in [7, 11) is 0. The molecule has 0 aliphatic heterocycles. The maximum atomic E-state index is 12.3. The van der Waals surface area contributed by atoms with E-state index in [1.807, 2.05) is 62.4 Å². The molecule has 1 aromatic heterocycles. The van der Waals surface area contributed by atoms with Gasteiger partial charge in [-0.25, -0.2) is 4.98 Å². The third-order valence-corrected chi connectivity index (χ3v) is 4.67. The number of carbonyl (C=O) groups excluding carboxylic acids is 2. The third-order valence-electron chi connectivity index (χ3n) is 3.75. The molecule has 0 unspecified atom stereocenters. The number of amides is 1. The number of hydrogen-bond donors (Lipinski definition) is 1. The Bertz CT molecular complexity index is 963. The van der Waals surface area contributed by atoms with Crippen LogP contribution >= 0.6 is 11.8 Å². The van der Waals surface area contributed by atoms with Crippen molar-refractivity contribution in [3.8, 4) is 11.4 Å². The van der Waals surface area contributed by atoms with Gasteiger partial charge in [0.25, 0.3) is 0 Å². The van der Waals surface area contributed by atoms with Gasteiger partial charge >= 0.3 is 0 Å². The molecule has 0 spiro atoms. The zero-order chi connectivity index (χ0) is 19.4. The van der Waals surface area contributed by atoms with E-state index < -0.39 is 0 Å². The van der Waals surface area contributed by atoms with E-state index in [1.54, 1.807) is 0 Å². The van der Waals surface area contributed by atoms with Crippen molar-refractivity contribution in [1.82, 2.24) is 14.8 Å². The number of nitrogens with one attached hydrogen (secondary N) is 1. The Hall–Kier alpha value is -2.93. The van der Waals surface area contributed by atoms with E-state index in [2.05, 4.69) is 15.4 Å². The summed E-state index contributed by atoms with van der Waals surface area (Å²) < 4.78 is 1.23. The van der Waals surface area contributed by atoms with E-state index in [4.69, 9.17) is 0 Å². The minimum absolute atomic E-state index is 0.132. The highest BCUT2D eigenvalue weighted by molar-refractivity contribution is 7.99. The maximum Gasteiger partial charge on any atom is 0.246 e. The van der Waals surface area contributed by atoms with Crippen LogP contribution in [0.15, 0.2) is 53.7 Å². The molecule has 138 valence electrons. The molecule has 2 aromatic carbocycles. The predicted molar refractivity (Wildman–Crippen MR) is 107 cm³/mol. The first-order chi connectivity index (χ1) is 12.9. The van der Waals surface area contributed by atoms with Gasteiger partial charge in [0.15, 0.2) is 11.0 Å². The Morgan fingerprint density at radius 2 is 1.74 bits per heavy atom. The number of nitrogens with zero attached hydrogens (tertiary/aromatic N) is 3. The van der Waals surface area contributed by atoms with Crippen LogP contribution in [-0.2, 0) is 4.79 Å². The second kappa shape index (κ2) is 8.18. The molecule has 0 saturated heterocycles. The van der Waals surface area contributed by atoms with Crippen molar-refractivity contribution < 1.29 is 9.59 Å². The molecule has 0 aliphatic rings. The fraction of sp³-hybridized carbons (Fsp3) is 0.200. The molecule has 0 aliphatic carbocycles. The summed E-state index contributed by atoms with van der Waals surface area (Å²) in [5.41, 5.74) is 3.75. The quantitative estimate of drug-likeness (QED) is 0.678. The van der Waals surface area contributed by atoms with Crippen molar-refractivity contribution in [2.75, 3.05) is 11.1 Å². The second-order valence-electron chi connectivity index (χ2n) is 6.23. The molecule has 3 rings (SSSR count). The van der Waals surface area contributed by atoms with Crippen LogP contribution in [0.5, 0.6) is 0 Å². The fourth-order valence-corrected chi connectivity index (χ4v) is 3.45. The first kappa shape index (κ1) is 18.8. The summed E-state index contributed by atoms with van der Waals surface area (Å²) in [6.45, 7) is 5.39. The SMILES string of the molecule is CC(=O)n1nc(-c2ccccc2)nc1SCC(=O)Nc1cc(C)cc(C)c1. The standard InChI is InChI=1S/C20H20N4O2S/c1-13-9-14(2)11-17(10-13)21-18(26)12-27-20-22-19(23-24(20)15(3)25)16-7-5-4-6-8-16/h4-11H,12H2,1-3H3,(H,21,26). The van der Waals surface area contributed by atoms with Crippen LogP contribution in [0, 0.1) is 13.8 Å². The zero-order valence-electron chi connectivity index (χ0n) is 15.4. The number of rotatable bonds is 5. The molecule has 1 amide bonds. The van der Waals surface area contributed by atoms with Crippen molar-refractivity contribution >= 4 is 29.3 Å². The van der Waals surface area contributed by atoms with Gasteiger partial charge in [-0.2, -0.15) is 4.68 Å². The lowest BCUT2D eigenvalue weighted by Gasteiger charge is -2.07. The van der Waals surface area contributed by atoms with Gasteiger partial charge in [-0.3, -0.25) is 9.59 Å². The molecule has 3 aromatic rings. The lowest BCUT2D eigenvalue weighted by Crippen LogP contribution is -2.16. The van der Waals surface area contributed by atoms with Crippen LogP contribution in [0.4, 0.5) is 5.69 Å². The van der Waals surface area contributed by atoms with E-state index in [1.165, 1.54) is 23.4 Å². The smallest absolute Gasteiger partial charge is 0.246 e. The number of thioether (sulfide) groups is 1. The van der Waals surface area contributed by atoms with Gasteiger partial charge < -0.3 is 5.32 Å². The molecule has 0 atom stereocenters. The average molecular weight is 380 g/mol. The maximum absolute atomic E-state index is 12.3. The molecule has 0 bridgehead atoms. The molecule has 1 N–H and O–H groups in total. The number of aromatic nitrogens is 3. The summed E-state index contributed by atoms with van der Waals surface area (Å²) in [6.07, 6.45) is 0. The topological polar surface area (TPSA) is 76.9 Å². The molecule has 6 nitrogen and oxygen atoms in total. The first-order valence-electron chi connectivity index (χ1n) is 8.47. The predicted octanol–water partition coefficient (Wildman–Crippen LogP) is 3.95. The average Bonchev–Trinajstić information content (AvgIpc) is 3.04. The van der Waals surface area contributed by atoms with Gasteiger partial charge in [-0.05, 0) is 37.1 Å². The van der Waals surface area contributed by atoms with Gasteiger partial charge in [0.1, 0.15) is 0 Å². The van der Waals surface area contributed by atoms with Gasteiger partial charge in [0.2, 0.25) is 11.8 Å². The summed E-state index contributed by atoms with van der Waals surface area (Å²) in [6, 6.07) is 15.3. The number of anilines is 1. The van der Waals surface area contributed by atoms with Crippen LogP contribution in [0.1, 0.15) is 22.8 Å². The van der Waals surface area contributed by atoms with Crippen molar-refractivity contribution in [2.24, 2.45) is 0 Å². The second-order valence-corrected chi connectivity index (χ2v) is 7.17. The Labute approximate surface area is 162 Å². The number of carbonyl (C=O) groups is 2. The molecule has 0 radical (unpaired) electrons. The van der Waals surface area contributed by atoms with Gasteiger partial charge in [-0.1, -0.05) is 48.2 Å². The number of aryl methyl sites for hydroxylation is 2. The Kier molecular flexibility index (Phi) is 5.71. The van der Waals surface area contributed by atoms with Crippen LogP contribution in [0.3, 0.4) is 0 Å². The molecule has 27 heavy (non-hydrogen) atoms. The fourth-order valence-electron chi connectivity index (χ4n) is 2.68. The van der Waals surface area contributed by atoms with E-state index in [-0.39, 0.29) is 17.6 Å². The molecule has 1 heterocycles. The monoisotopic (exact) mass is 380 g/mol. The lowest BCUT2D eigenvalue weighted by molar-refractivity contribution is -0.113. The minimum atomic E-state index is -0.248. The van der Waals surface area contributed by atoms with Crippen LogP contribution in [0.2, 0.25) is 0 Å². The number of hydrogen-bond acceptors (Lipinski definition) is 5. The van der Waals surface area contributed by atoms with Crippen LogP contribution in [0.25, 0.3) is 11.4 Å². The lowest BCUT2D eigenvalue weighted by atomic mass is 10.1. The summed E-state index contributed by atoms with van der Waals surface area (Å²) in [5.74, 6) is 0.182. The molecular formula is C20H20N4O2S. The van der Waals surface area contributed by atoms with Crippen molar-refractivity contribution in [3.05, 3.63) is 59.7 Å². The normalized spacial score (nSPS) is 10.6. The Balaban J connectivity index is 1.72. The third kappa shape index (κ3) is 4.83. The van der Waals surface area contributed by atoms with Gasteiger partial charge in [0.05, 0.1) is 5.75 Å². The molecule has 0 fully saturated rings. The van der Waals surface area contributed by atoms with E-state index in [0.29, 0.717) is 11.0 Å². The summed E-state index contributed by atoms with van der Waals surface area (Å²) >= 11 is 1.18. The zero-order valence-corrected chi connectivity index (χ0v) is 16.2. The molecular weight excluding hydrogens is 360 g/mol. The highest BCUT2D eigenvalue weighted by atomic mass is 32.2. The summed E-state index contributed by atoms with van der Waals surface area (Å²) in [5, 5.41) is 7.55. The minimum Gasteiger partial charge on any atom is -0.325 e.